The van der Waals surface area contributed by atoms with Crippen LogP contribution in [0.3, 0.4) is 0 Å². The maximum absolute atomic E-state index is 13.5. The predicted octanol–water partition coefficient (Wildman–Crippen LogP) is 5.35. The van der Waals surface area contributed by atoms with Crippen LogP contribution >= 0.6 is 11.6 Å². The number of hydrogen-bond acceptors (Lipinski definition) is 4. The molecule has 0 saturated heterocycles. The van der Waals surface area contributed by atoms with E-state index < -0.39 is 17.1 Å². The average Bonchev–Trinajstić information content (AvgIpc) is 3.16. The topological polar surface area (TPSA) is 69.4 Å². The largest absolute Gasteiger partial charge is 0.428 e. The zero-order valence-corrected chi connectivity index (χ0v) is 16.0. The van der Waals surface area contributed by atoms with Crippen LogP contribution in [0.5, 0.6) is 0 Å². The first-order valence-electron chi connectivity index (χ1n) is 9.01. The third-order valence-electron chi connectivity index (χ3n) is 4.83. The van der Waals surface area contributed by atoms with Crippen LogP contribution in [0.4, 0.5) is 0 Å². The average molecular weight is 406 g/mol. The summed E-state index contributed by atoms with van der Waals surface area (Å²) in [6.45, 7) is 0. The van der Waals surface area contributed by atoms with E-state index >= 15 is 0 Å². The normalized spacial score (nSPS) is 18.4. The molecular formula is C23H16ClNO4. The smallest absolute Gasteiger partial charge is 0.365 e. The Morgan fingerprint density at radius 2 is 1.48 bits per heavy atom. The third-order valence-corrected chi connectivity index (χ3v) is 5.08. The van der Waals surface area contributed by atoms with Crippen LogP contribution in [0.2, 0.25) is 5.02 Å². The van der Waals surface area contributed by atoms with Gasteiger partial charge in [-0.2, -0.15) is 0 Å². The van der Waals surface area contributed by atoms with Crippen LogP contribution < -0.4 is 0 Å². The van der Waals surface area contributed by atoms with Crippen LogP contribution in [-0.2, 0) is 4.74 Å². The van der Waals surface area contributed by atoms with Gasteiger partial charge in [-0.3, -0.25) is 14.9 Å². The zero-order valence-electron chi connectivity index (χ0n) is 15.2. The van der Waals surface area contributed by atoms with Gasteiger partial charge in [-0.1, -0.05) is 84.4 Å². The van der Waals surface area contributed by atoms with Gasteiger partial charge in [0, 0.05) is 16.1 Å². The van der Waals surface area contributed by atoms with E-state index in [1.54, 1.807) is 72.8 Å². The van der Waals surface area contributed by atoms with Crippen LogP contribution in [0.1, 0.15) is 27.4 Å². The number of benzene rings is 3. The van der Waals surface area contributed by atoms with Crippen LogP contribution in [-0.4, -0.2) is 16.9 Å². The van der Waals surface area contributed by atoms with E-state index in [0.29, 0.717) is 21.7 Å². The number of nitro groups is 1. The van der Waals surface area contributed by atoms with Crippen molar-refractivity contribution in [1.29, 1.82) is 0 Å². The van der Waals surface area contributed by atoms with Gasteiger partial charge in [0.25, 0.3) is 0 Å². The van der Waals surface area contributed by atoms with Crippen molar-refractivity contribution in [2.45, 2.75) is 12.1 Å². The summed E-state index contributed by atoms with van der Waals surface area (Å²) in [4.78, 5) is 24.8. The van der Waals surface area contributed by atoms with E-state index in [-0.39, 0.29) is 17.1 Å². The quantitative estimate of drug-likeness (QED) is 0.326. The molecule has 0 aliphatic carbocycles. The lowest BCUT2D eigenvalue weighted by atomic mass is 9.85. The Kier molecular flexibility index (Phi) is 5.14. The van der Waals surface area contributed by atoms with Crippen molar-refractivity contribution in [3.63, 3.8) is 0 Å². The third kappa shape index (κ3) is 3.65. The number of ketones is 1. The van der Waals surface area contributed by atoms with E-state index in [9.17, 15) is 14.9 Å². The van der Waals surface area contributed by atoms with Gasteiger partial charge in [0.15, 0.2) is 5.78 Å². The molecule has 0 saturated carbocycles. The fraction of sp³-hybridized carbons (Fsp3) is 0.0870. The lowest BCUT2D eigenvalue weighted by Gasteiger charge is -2.15. The summed E-state index contributed by atoms with van der Waals surface area (Å²) in [5.74, 6) is -0.917. The summed E-state index contributed by atoms with van der Waals surface area (Å²) >= 11 is 5.99. The summed E-state index contributed by atoms with van der Waals surface area (Å²) < 4.78 is 5.79. The Hall–Kier alpha value is -3.44. The molecule has 4 rings (SSSR count). The second-order valence-corrected chi connectivity index (χ2v) is 7.06. The molecule has 0 amide bonds. The number of rotatable bonds is 5. The van der Waals surface area contributed by atoms with Gasteiger partial charge in [-0.05, 0) is 17.7 Å². The number of halogens is 1. The lowest BCUT2D eigenvalue weighted by Crippen LogP contribution is -2.27. The van der Waals surface area contributed by atoms with E-state index in [1.165, 1.54) is 0 Å². The highest BCUT2D eigenvalue weighted by molar-refractivity contribution is 6.30. The summed E-state index contributed by atoms with van der Waals surface area (Å²) in [6.07, 6.45) is -1.41. The molecule has 0 bridgehead atoms. The van der Waals surface area contributed by atoms with Crippen molar-refractivity contribution >= 4 is 23.1 Å². The van der Waals surface area contributed by atoms with Gasteiger partial charge in [-0.15, -0.1) is 0 Å². The number of hydrogen-bond donors (Lipinski definition) is 0. The van der Waals surface area contributed by atoms with Crippen molar-refractivity contribution in [2.24, 2.45) is 0 Å². The summed E-state index contributed by atoms with van der Waals surface area (Å²) in [7, 11) is 0. The second-order valence-electron chi connectivity index (χ2n) is 6.63. The molecule has 0 radical (unpaired) electrons. The lowest BCUT2D eigenvalue weighted by molar-refractivity contribution is -0.567. The zero-order chi connectivity index (χ0) is 20.4. The van der Waals surface area contributed by atoms with E-state index in [2.05, 4.69) is 0 Å². The van der Waals surface area contributed by atoms with Crippen LogP contribution in [0, 0.1) is 10.1 Å². The second kappa shape index (κ2) is 7.89. The molecule has 3 aromatic rings. The maximum atomic E-state index is 13.5. The summed E-state index contributed by atoms with van der Waals surface area (Å²) in [5, 5.41) is 12.4. The summed E-state index contributed by atoms with van der Waals surface area (Å²) in [6, 6.07) is 24.4. The Labute approximate surface area is 172 Å². The van der Waals surface area contributed by atoms with E-state index in [1.807, 2.05) is 12.1 Å². The highest BCUT2D eigenvalue weighted by Crippen LogP contribution is 2.44. The Balaban J connectivity index is 1.93. The molecule has 0 N–H and O–H groups in total. The van der Waals surface area contributed by atoms with Gasteiger partial charge < -0.3 is 4.74 Å². The molecule has 2 atom stereocenters. The molecule has 5 nitrogen and oxygen atoms in total. The van der Waals surface area contributed by atoms with E-state index in [4.69, 9.17) is 16.3 Å². The van der Waals surface area contributed by atoms with Gasteiger partial charge >= 0.3 is 6.23 Å². The minimum Gasteiger partial charge on any atom is -0.428 e. The molecule has 3 aromatic carbocycles. The fourth-order valence-electron chi connectivity index (χ4n) is 3.50. The highest BCUT2D eigenvalue weighted by atomic mass is 35.5. The first kappa shape index (κ1) is 18.9. The van der Waals surface area contributed by atoms with Crippen LogP contribution in [0.25, 0.3) is 5.76 Å². The molecule has 1 aliphatic rings. The fourth-order valence-corrected chi connectivity index (χ4v) is 3.63. The number of nitrogens with zero attached hydrogens (tertiary/aromatic N) is 1. The molecule has 1 aliphatic heterocycles. The number of ether oxygens (including phenoxy) is 1. The molecule has 29 heavy (non-hydrogen) atoms. The van der Waals surface area contributed by atoms with Gasteiger partial charge in [0.2, 0.25) is 0 Å². The molecule has 0 unspecified atom stereocenters. The minimum absolute atomic E-state index is 0.237. The predicted molar refractivity (Wildman–Crippen MR) is 110 cm³/mol. The molecule has 0 spiro atoms. The van der Waals surface area contributed by atoms with Crippen molar-refractivity contribution < 1.29 is 14.5 Å². The van der Waals surface area contributed by atoms with Gasteiger partial charge in [0.05, 0.1) is 10.5 Å². The standard InChI is InChI=1S/C23H16ClNO4/c24-18-13-11-15(12-14-18)19-20(21(26)16-7-3-1-4-8-16)22(29-23(19)25(27)28)17-9-5-2-6-10-17/h1-14,19,23H/t19-,23-/m1/s1. The first-order chi connectivity index (χ1) is 14.1. The SMILES string of the molecule is O=C(C1=C(c2ccccc2)O[C@@H]([N+](=O)[O-])[C@@H]1c1ccc(Cl)cc1)c1ccccc1. The summed E-state index contributed by atoms with van der Waals surface area (Å²) in [5.41, 5.74) is 1.94. The number of carbonyl (C=O) groups excluding carboxylic acids is 1. The van der Waals surface area contributed by atoms with Gasteiger partial charge in [0.1, 0.15) is 11.7 Å². The monoisotopic (exact) mass is 405 g/mol. The Morgan fingerprint density at radius 3 is 2.07 bits per heavy atom. The number of Topliss-reactive ketones (excluding diaryl/α,β-unsaturated/α-hetero) is 1. The van der Waals surface area contributed by atoms with Crippen molar-refractivity contribution in [1.82, 2.24) is 0 Å². The van der Waals surface area contributed by atoms with Crippen molar-refractivity contribution in [3.8, 4) is 0 Å². The molecule has 1 heterocycles. The Bertz CT molecular complexity index is 1080. The molecular weight excluding hydrogens is 390 g/mol. The first-order valence-corrected chi connectivity index (χ1v) is 9.39. The van der Waals surface area contributed by atoms with Crippen molar-refractivity contribution in [2.75, 3.05) is 0 Å². The molecule has 0 fully saturated rings. The number of carbonyl (C=O) groups is 1. The Morgan fingerprint density at radius 1 is 0.897 bits per heavy atom. The van der Waals surface area contributed by atoms with Gasteiger partial charge in [-0.25, -0.2) is 0 Å². The molecule has 0 aromatic heterocycles. The molecule has 6 heteroatoms. The van der Waals surface area contributed by atoms with Crippen molar-refractivity contribution in [3.05, 3.63) is 122 Å². The maximum Gasteiger partial charge on any atom is 0.365 e. The molecule has 144 valence electrons. The van der Waals surface area contributed by atoms with Crippen LogP contribution in [0.15, 0.2) is 90.5 Å². The minimum atomic E-state index is -1.41. The highest BCUT2D eigenvalue weighted by Gasteiger charge is 2.48. The van der Waals surface area contributed by atoms with E-state index in [0.717, 1.165) is 0 Å².